The number of carbonyl (C=O) groups is 1. The van der Waals surface area contributed by atoms with Gasteiger partial charge < -0.3 is 5.11 Å². The number of hydrazone groups is 1. The molecular formula is C23H18N4O3S. The van der Waals surface area contributed by atoms with Gasteiger partial charge in [-0.2, -0.15) is 5.10 Å². The van der Waals surface area contributed by atoms with Gasteiger partial charge in [-0.1, -0.05) is 48.5 Å². The van der Waals surface area contributed by atoms with Crippen molar-refractivity contribution in [1.29, 1.82) is 0 Å². The highest BCUT2D eigenvalue weighted by Crippen LogP contribution is 2.23. The van der Waals surface area contributed by atoms with E-state index in [2.05, 4.69) is 15.5 Å². The zero-order valence-electron chi connectivity index (χ0n) is 16.3. The number of para-hydroxylation sites is 1. The summed E-state index contributed by atoms with van der Waals surface area (Å²) in [7, 11) is 0. The molecule has 31 heavy (non-hydrogen) atoms. The van der Waals surface area contributed by atoms with Gasteiger partial charge in [0.1, 0.15) is 16.4 Å². The highest BCUT2D eigenvalue weighted by Gasteiger charge is 2.13. The van der Waals surface area contributed by atoms with E-state index in [0.29, 0.717) is 16.4 Å². The Morgan fingerprint density at radius 1 is 1.06 bits per heavy atom. The fourth-order valence-electron chi connectivity index (χ4n) is 2.91. The maximum absolute atomic E-state index is 13.0. The van der Waals surface area contributed by atoms with Crippen LogP contribution in [0.25, 0.3) is 5.65 Å². The molecule has 2 aromatic carbocycles. The average molecular weight is 430 g/mol. The van der Waals surface area contributed by atoms with Crippen LogP contribution in [0.15, 0.2) is 93.9 Å². The maximum atomic E-state index is 13.0. The normalized spacial score (nSPS) is 11.1. The van der Waals surface area contributed by atoms with E-state index >= 15 is 0 Å². The van der Waals surface area contributed by atoms with Gasteiger partial charge in [0, 0.05) is 11.9 Å². The van der Waals surface area contributed by atoms with Gasteiger partial charge in [0.15, 0.2) is 0 Å². The summed E-state index contributed by atoms with van der Waals surface area (Å²) in [6.07, 6.45) is 2.92. The van der Waals surface area contributed by atoms with Crippen LogP contribution in [0.4, 0.5) is 0 Å². The van der Waals surface area contributed by atoms with Gasteiger partial charge in [-0.15, -0.1) is 11.8 Å². The lowest BCUT2D eigenvalue weighted by Gasteiger charge is -2.08. The van der Waals surface area contributed by atoms with E-state index in [4.69, 9.17) is 0 Å². The molecule has 7 nitrogen and oxygen atoms in total. The Morgan fingerprint density at radius 3 is 2.61 bits per heavy atom. The third-order valence-electron chi connectivity index (χ3n) is 4.46. The molecule has 154 valence electrons. The van der Waals surface area contributed by atoms with E-state index in [1.807, 2.05) is 36.4 Å². The molecular weight excluding hydrogens is 412 g/mol. The van der Waals surface area contributed by atoms with Crippen molar-refractivity contribution < 1.29 is 9.90 Å². The van der Waals surface area contributed by atoms with E-state index in [-0.39, 0.29) is 22.4 Å². The lowest BCUT2D eigenvalue weighted by molar-refractivity contribution is 0.0952. The molecule has 8 heteroatoms. The van der Waals surface area contributed by atoms with Crippen LogP contribution in [0.1, 0.15) is 21.5 Å². The number of hydrogen-bond donors (Lipinski definition) is 2. The van der Waals surface area contributed by atoms with E-state index in [1.165, 1.54) is 34.5 Å². The molecule has 0 bridgehead atoms. The Balaban J connectivity index is 1.64. The van der Waals surface area contributed by atoms with Crippen molar-refractivity contribution in [2.24, 2.45) is 5.10 Å². The van der Waals surface area contributed by atoms with Crippen molar-refractivity contribution in [2.75, 3.05) is 0 Å². The molecule has 0 saturated carbocycles. The monoisotopic (exact) mass is 430 g/mol. The quantitative estimate of drug-likeness (QED) is 0.211. The first-order chi connectivity index (χ1) is 15.1. The lowest BCUT2D eigenvalue weighted by atomic mass is 10.2. The van der Waals surface area contributed by atoms with E-state index in [0.717, 1.165) is 5.56 Å². The molecule has 0 aliphatic heterocycles. The Hall–Kier alpha value is -3.91. The minimum Gasteiger partial charge on any atom is -0.507 e. The molecule has 1 amide bonds. The highest BCUT2D eigenvalue weighted by molar-refractivity contribution is 7.98. The number of benzene rings is 2. The second-order valence-corrected chi connectivity index (χ2v) is 7.52. The van der Waals surface area contributed by atoms with Crippen molar-refractivity contribution in [1.82, 2.24) is 14.8 Å². The first kappa shape index (κ1) is 20.4. The highest BCUT2D eigenvalue weighted by atomic mass is 32.2. The molecule has 0 unspecified atom stereocenters. The standard InChI is InChI=1S/C23H18N4O3S/c28-19-11-5-4-10-17(19)21(29)26-24-14-18-22(31-15-16-8-2-1-3-9-16)25-20-12-6-7-13-27(20)23(18)30/h1-14,28H,15H2,(H,26,29)/b24-14-. The smallest absolute Gasteiger partial charge is 0.275 e. The van der Waals surface area contributed by atoms with Gasteiger partial charge in [0.05, 0.1) is 17.3 Å². The topological polar surface area (TPSA) is 96.1 Å². The number of phenolic OH excluding ortho intramolecular Hbond substituents is 1. The van der Waals surface area contributed by atoms with Crippen LogP contribution >= 0.6 is 11.8 Å². The SMILES string of the molecule is O=C(N/N=C\c1c(SCc2ccccc2)nc2ccccn2c1=O)c1ccccc1O. The van der Waals surface area contributed by atoms with E-state index in [1.54, 1.807) is 30.5 Å². The van der Waals surface area contributed by atoms with Crippen LogP contribution in [0, 0.1) is 0 Å². The molecule has 4 rings (SSSR count). The number of nitrogens with one attached hydrogen (secondary N) is 1. The van der Waals surface area contributed by atoms with Crippen molar-refractivity contribution in [3.8, 4) is 5.75 Å². The zero-order chi connectivity index (χ0) is 21.6. The summed E-state index contributed by atoms with van der Waals surface area (Å²) in [5, 5.41) is 14.3. The Bertz CT molecular complexity index is 1320. The fraction of sp³-hybridized carbons (Fsp3) is 0.0435. The average Bonchev–Trinajstić information content (AvgIpc) is 2.80. The summed E-state index contributed by atoms with van der Waals surface area (Å²) in [5.74, 6) is -0.107. The van der Waals surface area contributed by atoms with Crippen molar-refractivity contribution in [3.63, 3.8) is 0 Å². The number of carbonyl (C=O) groups excluding carboxylic acids is 1. The van der Waals surface area contributed by atoms with Crippen LogP contribution < -0.4 is 11.0 Å². The van der Waals surface area contributed by atoms with E-state index in [9.17, 15) is 14.7 Å². The number of phenols is 1. The molecule has 2 aromatic heterocycles. The summed E-state index contributed by atoms with van der Waals surface area (Å²) in [5.41, 5.74) is 4.04. The predicted molar refractivity (Wildman–Crippen MR) is 121 cm³/mol. The molecule has 0 aliphatic carbocycles. The lowest BCUT2D eigenvalue weighted by Crippen LogP contribution is -2.23. The number of aromatic nitrogens is 2. The van der Waals surface area contributed by atoms with Crippen molar-refractivity contribution in [3.05, 3.63) is 106 Å². The summed E-state index contributed by atoms with van der Waals surface area (Å²) in [6.45, 7) is 0. The van der Waals surface area contributed by atoms with Gasteiger partial charge in [-0.05, 0) is 29.8 Å². The largest absolute Gasteiger partial charge is 0.507 e. The molecule has 0 aliphatic rings. The number of hydrogen-bond acceptors (Lipinski definition) is 6. The number of amides is 1. The maximum Gasteiger partial charge on any atom is 0.275 e. The van der Waals surface area contributed by atoms with Gasteiger partial charge in [-0.3, -0.25) is 14.0 Å². The number of fused-ring (bicyclic) bond motifs is 1. The summed E-state index contributed by atoms with van der Waals surface area (Å²) in [6, 6.07) is 21.3. The Labute approximate surface area is 182 Å². The number of thioether (sulfide) groups is 1. The van der Waals surface area contributed by atoms with E-state index < -0.39 is 5.91 Å². The molecule has 0 fully saturated rings. The van der Waals surface area contributed by atoms with Crippen LogP contribution in [-0.4, -0.2) is 26.6 Å². The molecule has 2 heterocycles. The summed E-state index contributed by atoms with van der Waals surface area (Å²) >= 11 is 1.42. The molecule has 4 aromatic rings. The molecule has 2 N–H and O–H groups in total. The van der Waals surface area contributed by atoms with Crippen LogP contribution in [0.3, 0.4) is 0 Å². The van der Waals surface area contributed by atoms with Crippen LogP contribution in [-0.2, 0) is 5.75 Å². The summed E-state index contributed by atoms with van der Waals surface area (Å²) < 4.78 is 1.43. The fourth-order valence-corrected chi connectivity index (χ4v) is 3.86. The number of aromatic hydroxyl groups is 1. The predicted octanol–water partition coefficient (Wildman–Crippen LogP) is 3.46. The van der Waals surface area contributed by atoms with Gasteiger partial charge >= 0.3 is 0 Å². The van der Waals surface area contributed by atoms with Gasteiger partial charge in [0.2, 0.25) is 0 Å². The minimum atomic E-state index is -0.582. The Morgan fingerprint density at radius 2 is 1.81 bits per heavy atom. The van der Waals surface area contributed by atoms with Crippen LogP contribution in [0.5, 0.6) is 5.75 Å². The number of nitrogens with zero attached hydrogens (tertiary/aromatic N) is 3. The Kier molecular flexibility index (Phi) is 6.09. The molecule has 0 spiro atoms. The van der Waals surface area contributed by atoms with Crippen molar-refractivity contribution in [2.45, 2.75) is 10.8 Å². The molecule has 0 atom stereocenters. The summed E-state index contributed by atoms with van der Waals surface area (Å²) in [4.78, 5) is 29.9. The number of rotatable bonds is 6. The minimum absolute atomic E-state index is 0.0895. The molecule has 0 saturated heterocycles. The van der Waals surface area contributed by atoms with Gasteiger partial charge in [0.25, 0.3) is 11.5 Å². The second-order valence-electron chi connectivity index (χ2n) is 6.56. The van der Waals surface area contributed by atoms with Crippen LogP contribution in [0.2, 0.25) is 0 Å². The first-order valence-corrected chi connectivity index (χ1v) is 10.4. The first-order valence-electron chi connectivity index (χ1n) is 9.43. The van der Waals surface area contributed by atoms with Crippen molar-refractivity contribution >= 4 is 29.5 Å². The second kappa shape index (κ2) is 9.27. The third-order valence-corrected chi connectivity index (χ3v) is 5.52. The van der Waals surface area contributed by atoms with Gasteiger partial charge in [-0.25, -0.2) is 10.4 Å². The molecule has 0 radical (unpaired) electrons. The number of pyridine rings is 1. The zero-order valence-corrected chi connectivity index (χ0v) is 17.1. The third kappa shape index (κ3) is 4.65.